The maximum Gasteiger partial charge on any atom is 0.227 e. The van der Waals surface area contributed by atoms with Crippen molar-refractivity contribution in [3.05, 3.63) is 29.8 Å². The topological polar surface area (TPSA) is 41.5 Å². The molecule has 1 amide bonds. The number of amides is 1. The average Bonchev–Trinajstić information content (AvgIpc) is 2.20. The molecule has 16 heavy (non-hydrogen) atoms. The van der Waals surface area contributed by atoms with E-state index >= 15 is 0 Å². The molecule has 1 aromatic rings. The first-order valence-electron chi connectivity index (χ1n) is 5.26. The minimum absolute atomic E-state index is 0.0542. The molecule has 1 atom stereocenters. The van der Waals surface area contributed by atoms with Crippen molar-refractivity contribution in [1.29, 1.82) is 0 Å². The van der Waals surface area contributed by atoms with Gasteiger partial charge in [-0.1, -0.05) is 36.9 Å². The Hall–Kier alpha value is -1.29. The van der Waals surface area contributed by atoms with Gasteiger partial charge in [-0.15, -0.1) is 0 Å². The van der Waals surface area contributed by atoms with Crippen molar-refractivity contribution in [3.63, 3.8) is 0 Å². The van der Waals surface area contributed by atoms with Crippen molar-refractivity contribution in [1.82, 2.24) is 5.32 Å². The van der Waals surface area contributed by atoms with Crippen LogP contribution in [0.25, 0.3) is 0 Å². The van der Waals surface area contributed by atoms with Gasteiger partial charge in [0.15, 0.2) is 5.17 Å². The summed E-state index contributed by atoms with van der Waals surface area (Å²) in [6, 6.07) is 7.89. The Balaban J connectivity index is 2.24. The molecule has 4 heteroatoms. The van der Waals surface area contributed by atoms with Crippen LogP contribution < -0.4 is 5.32 Å². The second-order valence-corrected chi connectivity index (χ2v) is 5.31. The lowest BCUT2D eigenvalue weighted by Gasteiger charge is -2.19. The van der Waals surface area contributed by atoms with Crippen LogP contribution in [0.1, 0.15) is 18.9 Å². The van der Waals surface area contributed by atoms with Gasteiger partial charge in [-0.2, -0.15) is 0 Å². The molecule has 1 aliphatic rings. The molecule has 0 saturated carbocycles. The molecule has 1 unspecified atom stereocenters. The van der Waals surface area contributed by atoms with Crippen LogP contribution in [-0.4, -0.2) is 16.3 Å². The zero-order valence-corrected chi connectivity index (χ0v) is 10.2. The highest BCUT2D eigenvalue weighted by molar-refractivity contribution is 8.14. The number of hydrogen-bond acceptors (Lipinski definition) is 3. The number of thioether (sulfide) groups is 1. The van der Waals surface area contributed by atoms with E-state index in [0.717, 1.165) is 11.3 Å². The Bertz CT molecular complexity index is 442. The van der Waals surface area contributed by atoms with E-state index < -0.39 is 0 Å². The lowest BCUT2D eigenvalue weighted by molar-refractivity contribution is -0.119. The number of rotatable bonds is 1. The zero-order valence-electron chi connectivity index (χ0n) is 9.36. The third-order valence-corrected chi connectivity index (χ3v) is 3.36. The highest BCUT2D eigenvalue weighted by atomic mass is 32.2. The lowest BCUT2D eigenvalue weighted by atomic mass is 10.2. The minimum atomic E-state index is 0.0542. The summed E-state index contributed by atoms with van der Waals surface area (Å²) in [5, 5.41) is 3.81. The number of nitrogens with zero attached hydrogens (tertiary/aromatic N) is 1. The fourth-order valence-electron chi connectivity index (χ4n) is 1.55. The number of benzene rings is 1. The number of aliphatic imine (C=N–C) groups is 1. The molecule has 84 valence electrons. The summed E-state index contributed by atoms with van der Waals surface area (Å²) in [5.41, 5.74) is 2.03. The summed E-state index contributed by atoms with van der Waals surface area (Å²) in [6.07, 6.45) is 0.567. The number of carbonyl (C=O) groups excluding carboxylic acids is 1. The van der Waals surface area contributed by atoms with E-state index in [9.17, 15) is 4.79 Å². The van der Waals surface area contributed by atoms with E-state index in [1.54, 1.807) is 11.8 Å². The second kappa shape index (κ2) is 4.70. The predicted molar refractivity (Wildman–Crippen MR) is 68.1 cm³/mol. The fraction of sp³-hybridized carbons (Fsp3) is 0.333. The van der Waals surface area contributed by atoms with E-state index in [1.807, 2.05) is 38.1 Å². The van der Waals surface area contributed by atoms with Crippen molar-refractivity contribution < 1.29 is 4.79 Å². The number of carbonyl (C=O) groups is 1. The first-order valence-corrected chi connectivity index (χ1v) is 6.14. The quantitative estimate of drug-likeness (QED) is 0.811. The standard InChI is InChI=1S/C12H14N2OS/c1-8-5-3-4-6-10(8)13-12-14-11(15)7-9(2)16-12/h3-6,9H,7H2,1-2H3,(H,13,14,15). The molecule has 1 fully saturated rings. The van der Waals surface area contributed by atoms with Crippen LogP contribution in [0.2, 0.25) is 0 Å². The number of para-hydroxylation sites is 1. The Morgan fingerprint density at radius 2 is 2.19 bits per heavy atom. The van der Waals surface area contributed by atoms with Crippen molar-refractivity contribution in [3.8, 4) is 0 Å². The molecule has 2 rings (SSSR count). The highest BCUT2D eigenvalue weighted by Crippen LogP contribution is 2.24. The largest absolute Gasteiger partial charge is 0.305 e. The smallest absolute Gasteiger partial charge is 0.227 e. The Kier molecular flexibility index (Phi) is 3.29. The summed E-state index contributed by atoms with van der Waals surface area (Å²) >= 11 is 1.61. The van der Waals surface area contributed by atoms with E-state index in [2.05, 4.69) is 10.3 Å². The number of nitrogens with one attached hydrogen (secondary N) is 1. The first kappa shape index (κ1) is 11.2. The molecule has 0 radical (unpaired) electrons. The van der Waals surface area contributed by atoms with E-state index in [-0.39, 0.29) is 5.91 Å². The summed E-state index contributed by atoms with van der Waals surface area (Å²) in [4.78, 5) is 15.8. The van der Waals surface area contributed by atoms with Gasteiger partial charge in [0.2, 0.25) is 5.91 Å². The monoisotopic (exact) mass is 234 g/mol. The summed E-state index contributed by atoms with van der Waals surface area (Å²) in [5.74, 6) is 0.0542. The van der Waals surface area contributed by atoms with Gasteiger partial charge < -0.3 is 5.32 Å². The van der Waals surface area contributed by atoms with Crippen LogP contribution in [0.5, 0.6) is 0 Å². The Morgan fingerprint density at radius 1 is 1.44 bits per heavy atom. The maximum absolute atomic E-state index is 11.4. The van der Waals surface area contributed by atoms with Gasteiger partial charge in [0, 0.05) is 11.7 Å². The normalized spacial score (nSPS) is 23.2. The van der Waals surface area contributed by atoms with Gasteiger partial charge in [-0.25, -0.2) is 4.99 Å². The molecule has 0 bridgehead atoms. The maximum atomic E-state index is 11.4. The lowest BCUT2D eigenvalue weighted by Crippen LogP contribution is -2.36. The van der Waals surface area contributed by atoms with Crippen LogP contribution >= 0.6 is 11.8 Å². The van der Waals surface area contributed by atoms with E-state index in [0.29, 0.717) is 16.8 Å². The molecule has 0 aromatic heterocycles. The van der Waals surface area contributed by atoms with Gasteiger partial charge in [-0.05, 0) is 18.6 Å². The molecule has 1 heterocycles. The average molecular weight is 234 g/mol. The fourth-order valence-corrected chi connectivity index (χ4v) is 2.49. The zero-order chi connectivity index (χ0) is 11.5. The van der Waals surface area contributed by atoms with Crippen molar-refractivity contribution in [2.45, 2.75) is 25.5 Å². The molecule has 3 nitrogen and oxygen atoms in total. The van der Waals surface area contributed by atoms with Crippen LogP contribution in [0.3, 0.4) is 0 Å². The van der Waals surface area contributed by atoms with Crippen molar-refractivity contribution in [2.75, 3.05) is 0 Å². The van der Waals surface area contributed by atoms with Gasteiger partial charge in [0.1, 0.15) is 0 Å². The summed E-state index contributed by atoms with van der Waals surface area (Å²) in [7, 11) is 0. The highest BCUT2D eigenvalue weighted by Gasteiger charge is 2.20. The van der Waals surface area contributed by atoms with Crippen molar-refractivity contribution >= 4 is 28.5 Å². The van der Waals surface area contributed by atoms with Crippen LogP contribution in [0.15, 0.2) is 29.3 Å². The Labute approximate surface area is 99.3 Å². The molecule has 1 N–H and O–H groups in total. The molecule has 1 aliphatic heterocycles. The first-order chi connectivity index (χ1) is 7.65. The summed E-state index contributed by atoms with van der Waals surface area (Å²) < 4.78 is 0. The van der Waals surface area contributed by atoms with Crippen LogP contribution in [-0.2, 0) is 4.79 Å². The van der Waals surface area contributed by atoms with Gasteiger partial charge >= 0.3 is 0 Å². The molecule has 0 aliphatic carbocycles. The summed E-state index contributed by atoms with van der Waals surface area (Å²) in [6.45, 7) is 4.05. The van der Waals surface area contributed by atoms with Crippen molar-refractivity contribution in [2.24, 2.45) is 4.99 Å². The number of hydrogen-bond donors (Lipinski definition) is 1. The van der Waals surface area contributed by atoms with Gasteiger partial charge in [0.05, 0.1) is 5.69 Å². The van der Waals surface area contributed by atoms with Gasteiger partial charge in [0.25, 0.3) is 0 Å². The van der Waals surface area contributed by atoms with Crippen LogP contribution in [0.4, 0.5) is 5.69 Å². The third-order valence-electron chi connectivity index (χ3n) is 2.37. The second-order valence-electron chi connectivity index (χ2n) is 3.88. The van der Waals surface area contributed by atoms with Gasteiger partial charge in [-0.3, -0.25) is 4.79 Å². The predicted octanol–water partition coefficient (Wildman–Crippen LogP) is 2.62. The molecule has 0 spiro atoms. The van der Waals surface area contributed by atoms with E-state index in [4.69, 9.17) is 0 Å². The molecular weight excluding hydrogens is 220 g/mol. The van der Waals surface area contributed by atoms with E-state index in [1.165, 1.54) is 0 Å². The molecular formula is C12H14N2OS. The molecule has 1 aromatic carbocycles. The molecule has 1 saturated heterocycles. The van der Waals surface area contributed by atoms with Crippen LogP contribution in [0, 0.1) is 6.92 Å². The third kappa shape index (κ3) is 2.64. The SMILES string of the molecule is Cc1ccccc1N=C1NC(=O)CC(C)S1. The number of aryl methyl sites for hydroxylation is 1. The Morgan fingerprint density at radius 3 is 2.88 bits per heavy atom. The number of amidine groups is 1. The minimum Gasteiger partial charge on any atom is -0.305 e.